The molecule has 0 saturated carbocycles. The van der Waals surface area contributed by atoms with Crippen molar-refractivity contribution in [1.82, 2.24) is 4.98 Å². The molecule has 1 nitrogen and oxygen atoms in total. The van der Waals surface area contributed by atoms with E-state index in [1.54, 1.807) is 11.8 Å². The first-order valence-electron chi connectivity index (χ1n) is 3.70. The second kappa shape index (κ2) is 3.07. The lowest BCUT2D eigenvalue weighted by Gasteiger charge is -1.80. The Hall–Kier alpha value is -0.540. The molecule has 0 spiro atoms. The van der Waals surface area contributed by atoms with Crippen LogP contribution in [0.5, 0.6) is 0 Å². The van der Waals surface area contributed by atoms with Gasteiger partial charge in [-0.25, -0.2) is 0 Å². The molecule has 2 rings (SSSR count). The van der Waals surface area contributed by atoms with Crippen LogP contribution >= 0.6 is 22.2 Å². The number of hydrogen-bond donors (Lipinski definition) is 0. The fourth-order valence-electron chi connectivity index (χ4n) is 1.24. The average molecular weight is 196 g/mol. The predicted molar refractivity (Wildman–Crippen MR) is 57.0 cm³/mol. The van der Waals surface area contributed by atoms with Crippen molar-refractivity contribution in [3.8, 4) is 0 Å². The summed E-state index contributed by atoms with van der Waals surface area (Å²) >= 11 is 1.76. The van der Waals surface area contributed by atoms with Gasteiger partial charge in [-0.15, -0.1) is 0 Å². The third-order valence-electron chi connectivity index (χ3n) is 1.84. The molecule has 0 aliphatic heterocycles. The summed E-state index contributed by atoms with van der Waals surface area (Å²) in [6, 6.07) is 8.39. The van der Waals surface area contributed by atoms with E-state index in [1.807, 2.05) is 6.07 Å². The summed E-state index contributed by atoms with van der Waals surface area (Å²) in [5.74, 6) is 0. The quantitative estimate of drug-likeness (QED) is 0.513. The molecule has 1 aromatic carbocycles. The van der Waals surface area contributed by atoms with Gasteiger partial charge in [0.2, 0.25) is 4.70 Å². The Kier molecular flexibility index (Phi) is 2.07. The highest BCUT2D eigenvalue weighted by atomic mass is 32.2. The fraction of sp³-hybridized carbons (Fsp3) is 0.222. The minimum atomic E-state index is 0.227. The zero-order valence-corrected chi connectivity index (χ0v) is 8.71. The van der Waals surface area contributed by atoms with Gasteiger partial charge in [0.05, 0.1) is 0 Å². The van der Waals surface area contributed by atoms with Crippen molar-refractivity contribution in [3.63, 3.8) is 0 Å². The molecule has 0 aliphatic carbocycles. The molecular formula is C9H10NS2+. The molecule has 2 aromatic rings. The highest BCUT2D eigenvalue weighted by molar-refractivity contribution is 8.01. The van der Waals surface area contributed by atoms with Crippen molar-refractivity contribution in [1.29, 1.82) is 0 Å². The maximum absolute atomic E-state index is 4.54. The largest absolute Gasteiger partial charge is 0.302 e. The summed E-state index contributed by atoms with van der Waals surface area (Å²) in [6.07, 6.45) is 4.33. The Morgan fingerprint density at radius 2 is 2.08 bits per heavy atom. The number of para-hydroxylation sites is 1. The van der Waals surface area contributed by atoms with Gasteiger partial charge in [0.15, 0.2) is 0 Å². The second-order valence-electron chi connectivity index (χ2n) is 2.56. The third-order valence-corrected chi connectivity index (χ3v) is 5.15. The Labute approximate surface area is 78.8 Å². The van der Waals surface area contributed by atoms with Gasteiger partial charge in [-0.05, 0) is 12.3 Å². The first kappa shape index (κ1) is 8.08. The molecule has 0 N–H and O–H groups in total. The monoisotopic (exact) mass is 196 g/mol. The number of thiazole rings is 1. The first-order valence-corrected chi connectivity index (χ1v) is 6.56. The molecule has 12 heavy (non-hydrogen) atoms. The van der Waals surface area contributed by atoms with Crippen LogP contribution < -0.4 is 0 Å². The molecule has 0 saturated heterocycles. The van der Waals surface area contributed by atoms with Crippen LogP contribution in [-0.2, 0) is 6.26 Å². The number of nitrogens with zero attached hydrogens (tertiary/aromatic N) is 1. The van der Waals surface area contributed by atoms with Crippen LogP contribution in [0.25, 0.3) is 10.2 Å². The van der Waals surface area contributed by atoms with E-state index in [0.29, 0.717) is 0 Å². The zero-order valence-electron chi connectivity index (χ0n) is 7.07. The topological polar surface area (TPSA) is 12.9 Å². The molecule has 1 atom stereocenters. The molecule has 1 aromatic heterocycles. The van der Waals surface area contributed by atoms with Crippen LogP contribution in [0.1, 0.15) is 0 Å². The van der Waals surface area contributed by atoms with Gasteiger partial charge in [-0.2, -0.15) is 4.98 Å². The summed E-state index contributed by atoms with van der Waals surface area (Å²) in [6.45, 7) is 0. The highest BCUT2D eigenvalue weighted by Gasteiger charge is 2.16. The van der Waals surface area contributed by atoms with Gasteiger partial charge in [-0.1, -0.05) is 23.9 Å². The summed E-state index contributed by atoms with van der Waals surface area (Å²) in [5.41, 5.74) is 1.16. The summed E-state index contributed by atoms with van der Waals surface area (Å²) in [5, 5.41) is 0. The number of thioether (sulfide) groups is 1. The van der Waals surface area contributed by atoms with E-state index in [2.05, 4.69) is 35.7 Å². The van der Waals surface area contributed by atoms with Crippen LogP contribution in [0.3, 0.4) is 0 Å². The van der Waals surface area contributed by atoms with E-state index in [-0.39, 0.29) is 10.5 Å². The molecule has 0 bridgehead atoms. The summed E-state index contributed by atoms with van der Waals surface area (Å²) in [4.78, 5) is 4.54. The lowest BCUT2D eigenvalue weighted by Crippen LogP contribution is -1.65. The van der Waals surface area contributed by atoms with Crippen LogP contribution in [0, 0.1) is 0 Å². The van der Waals surface area contributed by atoms with E-state index in [0.717, 1.165) is 5.52 Å². The molecule has 0 aliphatic rings. The SMILES string of the molecule is CSc1nc2ccccc2[s+]1C. The van der Waals surface area contributed by atoms with Gasteiger partial charge < -0.3 is 0 Å². The normalized spacial score (nSPS) is 12.3. The standard InChI is InChI=1S/C9H10NS2/c1-11-9-10-7-5-3-4-6-8(7)12(9)2/h3-6H,1-2H3/q+1. The molecule has 3 heteroatoms. The molecule has 0 amide bonds. The van der Waals surface area contributed by atoms with Crippen LogP contribution in [-0.4, -0.2) is 11.2 Å². The maximum Gasteiger partial charge on any atom is 0.302 e. The zero-order chi connectivity index (χ0) is 8.55. The number of benzene rings is 1. The predicted octanol–water partition coefficient (Wildman–Crippen LogP) is 3.24. The molecular weight excluding hydrogens is 186 g/mol. The summed E-state index contributed by atoms with van der Waals surface area (Å²) in [7, 11) is 0.227. The van der Waals surface area contributed by atoms with Gasteiger partial charge in [-0.3, -0.25) is 0 Å². The molecule has 0 radical (unpaired) electrons. The molecule has 62 valence electrons. The van der Waals surface area contributed by atoms with E-state index in [9.17, 15) is 0 Å². The number of rotatable bonds is 1. The van der Waals surface area contributed by atoms with Crippen LogP contribution in [0.2, 0.25) is 0 Å². The first-order chi connectivity index (χ1) is 5.83. The third kappa shape index (κ3) is 1.13. The van der Waals surface area contributed by atoms with E-state index < -0.39 is 0 Å². The average Bonchev–Trinajstić information content (AvgIpc) is 2.44. The Balaban J connectivity index is 2.78. The number of fused-ring (bicyclic) bond motifs is 1. The van der Waals surface area contributed by atoms with Crippen LogP contribution in [0.15, 0.2) is 28.6 Å². The minimum absolute atomic E-state index is 0.227. The van der Waals surface area contributed by atoms with Crippen molar-refractivity contribution >= 4 is 32.4 Å². The molecule has 0 fully saturated rings. The van der Waals surface area contributed by atoms with Crippen molar-refractivity contribution < 1.29 is 0 Å². The van der Waals surface area contributed by atoms with Crippen LogP contribution in [0.4, 0.5) is 0 Å². The van der Waals surface area contributed by atoms with Crippen molar-refractivity contribution in [2.75, 3.05) is 6.26 Å². The number of hydrogen-bond acceptors (Lipinski definition) is 2. The van der Waals surface area contributed by atoms with Crippen molar-refractivity contribution in [2.45, 2.75) is 4.34 Å². The van der Waals surface area contributed by atoms with Crippen molar-refractivity contribution in [3.05, 3.63) is 24.3 Å². The summed E-state index contributed by atoms with van der Waals surface area (Å²) < 4.78 is 2.65. The van der Waals surface area contributed by atoms with Gasteiger partial charge >= 0.3 is 4.34 Å². The highest BCUT2D eigenvalue weighted by Crippen LogP contribution is 2.36. The smallest absolute Gasteiger partial charge is 0.187 e. The Morgan fingerprint density at radius 1 is 1.33 bits per heavy atom. The maximum atomic E-state index is 4.54. The molecule has 1 heterocycles. The van der Waals surface area contributed by atoms with E-state index in [4.69, 9.17) is 0 Å². The fourth-order valence-corrected chi connectivity index (χ4v) is 3.83. The number of aryl methyl sites for hydroxylation is 1. The van der Waals surface area contributed by atoms with E-state index >= 15 is 0 Å². The lowest BCUT2D eigenvalue weighted by atomic mass is 10.3. The number of aromatic nitrogens is 1. The molecule has 1 unspecified atom stereocenters. The van der Waals surface area contributed by atoms with Gasteiger partial charge in [0.25, 0.3) is 0 Å². The minimum Gasteiger partial charge on any atom is -0.187 e. The second-order valence-corrected chi connectivity index (χ2v) is 5.46. The van der Waals surface area contributed by atoms with E-state index in [1.165, 1.54) is 9.04 Å². The van der Waals surface area contributed by atoms with Crippen molar-refractivity contribution in [2.24, 2.45) is 6.26 Å². The lowest BCUT2D eigenvalue weighted by molar-refractivity contribution is 1.30. The van der Waals surface area contributed by atoms with Gasteiger partial charge in [0, 0.05) is 16.5 Å². The Bertz CT molecular complexity index is 406. The van der Waals surface area contributed by atoms with Gasteiger partial charge in [0.1, 0.15) is 11.8 Å². The Morgan fingerprint density at radius 3 is 2.75 bits per heavy atom.